The first kappa shape index (κ1) is 18.9. The average Bonchev–Trinajstić information content (AvgIpc) is 3.30. The monoisotopic (exact) mass is 394 g/mol. The molecule has 1 atom stereocenters. The number of nitrogens with one attached hydrogen (secondary N) is 1. The number of aromatic nitrogens is 2. The molecule has 1 N–H and O–H groups in total. The molecule has 1 aliphatic heterocycles. The summed E-state index contributed by atoms with van der Waals surface area (Å²) in [5.41, 5.74) is 2.64. The van der Waals surface area contributed by atoms with Gasteiger partial charge in [0.15, 0.2) is 6.10 Å². The van der Waals surface area contributed by atoms with Crippen molar-refractivity contribution in [2.75, 3.05) is 36.5 Å². The lowest BCUT2D eigenvalue weighted by Gasteiger charge is -2.29. The second-order valence-electron chi connectivity index (χ2n) is 6.66. The third-order valence-electron chi connectivity index (χ3n) is 4.65. The number of benzene rings is 2. The average molecular weight is 394 g/mol. The van der Waals surface area contributed by atoms with E-state index in [0.29, 0.717) is 11.6 Å². The van der Waals surface area contributed by atoms with E-state index in [-0.39, 0.29) is 5.91 Å². The molecule has 0 radical (unpaired) electrons. The fourth-order valence-corrected chi connectivity index (χ4v) is 3.05. The third kappa shape index (κ3) is 4.72. The van der Waals surface area contributed by atoms with Crippen LogP contribution in [0.3, 0.4) is 0 Å². The zero-order chi connectivity index (χ0) is 20.1. The van der Waals surface area contributed by atoms with Crippen LogP contribution in [0.5, 0.6) is 5.75 Å². The molecule has 4 rings (SSSR count). The summed E-state index contributed by atoms with van der Waals surface area (Å²) in [6.45, 7) is 4.94. The summed E-state index contributed by atoms with van der Waals surface area (Å²) in [5, 5.41) is 10.4. The zero-order valence-electron chi connectivity index (χ0n) is 16.1. The number of carbonyl (C=O) groups excluding carboxylic acids is 1. The van der Waals surface area contributed by atoms with Crippen molar-refractivity contribution in [2.45, 2.75) is 13.0 Å². The number of morpholine rings is 1. The van der Waals surface area contributed by atoms with Crippen LogP contribution in [0.25, 0.3) is 11.5 Å². The molecule has 0 aliphatic carbocycles. The molecule has 0 spiro atoms. The third-order valence-corrected chi connectivity index (χ3v) is 4.65. The van der Waals surface area contributed by atoms with Crippen molar-refractivity contribution in [3.63, 3.8) is 0 Å². The van der Waals surface area contributed by atoms with E-state index >= 15 is 0 Å². The van der Waals surface area contributed by atoms with Gasteiger partial charge in [-0.25, -0.2) is 0 Å². The molecule has 3 aromatic rings. The van der Waals surface area contributed by atoms with E-state index in [1.54, 1.807) is 31.2 Å². The Kier molecular flexibility index (Phi) is 5.71. The molecule has 1 aliphatic rings. The summed E-state index contributed by atoms with van der Waals surface area (Å²) in [6.07, 6.45) is 0.628. The highest BCUT2D eigenvalue weighted by atomic mass is 16.5. The first-order valence-electron chi connectivity index (χ1n) is 9.46. The van der Waals surface area contributed by atoms with Crippen LogP contribution in [-0.4, -0.2) is 48.5 Å². The van der Waals surface area contributed by atoms with Crippen molar-refractivity contribution in [3.05, 3.63) is 54.9 Å². The molecule has 2 heterocycles. The molecule has 29 heavy (non-hydrogen) atoms. The Labute approximate surface area is 168 Å². The fraction of sp³-hybridized carbons (Fsp3) is 0.286. The normalized spacial score (nSPS) is 15.0. The lowest BCUT2D eigenvalue weighted by molar-refractivity contribution is -0.122. The summed E-state index contributed by atoms with van der Waals surface area (Å²) in [7, 11) is 0. The number of amides is 1. The topological polar surface area (TPSA) is 89.7 Å². The van der Waals surface area contributed by atoms with Crippen LogP contribution in [0, 0.1) is 0 Å². The van der Waals surface area contributed by atoms with Crippen molar-refractivity contribution in [1.29, 1.82) is 0 Å². The van der Waals surface area contributed by atoms with E-state index in [0.717, 1.165) is 43.2 Å². The predicted octanol–water partition coefficient (Wildman–Crippen LogP) is 2.98. The van der Waals surface area contributed by atoms with Gasteiger partial charge in [-0.05, 0) is 55.5 Å². The molecule has 2 aromatic carbocycles. The lowest BCUT2D eigenvalue weighted by atomic mass is 10.2. The number of anilines is 2. The fourth-order valence-electron chi connectivity index (χ4n) is 3.05. The second kappa shape index (κ2) is 8.74. The first-order valence-corrected chi connectivity index (χ1v) is 9.46. The molecule has 0 bridgehead atoms. The standard InChI is InChI=1S/C21H22N4O4/c1-15(29-19-8-2-16(3-9-19)21-24-22-14-28-21)20(26)23-17-4-6-18(7-5-17)25-10-12-27-13-11-25/h2-9,14-15H,10-13H2,1H3,(H,23,26)/t15-/m0/s1. The van der Waals surface area contributed by atoms with Gasteiger partial charge in [0.05, 0.1) is 13.2 Å². The van der Waals surface area contributed by atoms with Crippen LogP contribution in [0.2, 0.25) is 0 Å². The second-order valence-corrected chi connectivity index (χ2v) is 6.66. The van der Waals surface area contributed by atoms with Gasteiger partial charge in [0.2, 0.25) is 12.3 Å². The predicted molar refractivity (Wildman–Crippen MR) is 108 cm³/mol. The molecule has 1 amide bonds. The van der Waals surface area contributed by atoms with Gasteiger partial charge in [-0.15, -0.1) is 10.2 Å². The summed E-state index contributed by atoms with van der Waals surface area (Å²) >= 11 is 0. The Morgan fingerprint density at radius 3 is 2.48 bits per heavy atom. The van der Waals surface area contributed by atoms with Crippen LogP contribution in [0.15, 0.2) is 59.3 Å². The largest absolute Gasteiger partial charge is 0.481 e. The lowest BCUT2D eigenvalue weighted by Crippen LogP contribution is -2.36. The summed E-state index contributed by atoms with van der Waals surface area (Å²) < 4.78 is 16.3. The summed E-state index contributed by atoms with van der Waals surface area (Å²) in [4.78, 5) is 14.7. The Hall–Kier alpha value is -3.39. The van der Waals surface area contributed by atoms with E-state index in [2.05, 4.69) is 20.4 Å². The van der Waals surface area contributed by atoms with Gasteiger partial charge in [-0.3, -0.25) is 4.79 Å². The van der Waals surface area contributed by atoms with Gasteiger partial charge < -0.3 is 24.1 Å². The molecule has 1 saturated heterocycles. The molecule has 8 nitrogen and oxygen atoms in total. The maximum absolute atomic E-state index is 12.5. The van der Waals surface area contributed by atoms with Gasteiger partial charge in [0, 0.05) is 30.0 Å². The van der Waals surface area contributed by atoms with Crippen molar-refractivity contribution in [2.24, 2.45) is 0 Å². The highest BCUT2D eigenvalue weighted by Crippen LogP contribution is 2.22. The quantitative estimate of drug-likeness (QED) is 0.687. The Bertz CT molecular complexity index is 920. The van der Waals surface area contributed by atoms with Gasteiger partial charge in [0.1, 0.15) is 5.75 Å². The zero-order valence-corrected chi connectivity index (χ0v) is 16.1. The molecule has 1 aromatic heterocycles. The first-order chi connectivity index (χ1) is 14.2. The minimum Gasteiger partial charge on any atom is -0.481 e. The molecule has 8 heteroatoms. The van der Waals surface area contributed by atoms with Crippen molar-refractivity contribution < 1.29 is 18.7 Å². The highest BCUT2D eigenvalue weighted by Gasteiger charge is 2.16. The van der Waals surface area contributed by atoms with Crippen molar-refractivity contribution >= 4 is 17.3 Å². The number of ether oxygens (including phenoxy) is 2. The Balaban J connectivity index is 1.32. The SMILES string of the molecule is C[C@H](Oc1ccc(-c2nnco2)cc1)C(=O)Nc1ccc(N2CCOCC2)cc1. The van der Waals surface area contributed by atoms with E-state index in [9.17, 15) is 4.79 Å². The van der Waals surface area contributed by atoms with Crippen molar-refractivity contribution in [1.82, 2.24) is 10.2 Å². The van der Waals surface area contributed by atoms with Crippen LogP contribution < -0.4 is 15.0 Å². The van der Waals surface area contributed by atoms with Gasteiger partial charge in [0.25, 0.3) is 5.91 Å². The number of nitrogens with zero attached hydrogens (tertiary/aromatic N) is 3. The summed E-state index contributed by atoms with van der Waals surface area (Å²) in [5.74, 6) is 0.798. The van der Waals surface area contributed by atoms with E-state index in [1.807, 2.05) is 24.3 Å². The number of hydrogen-bond donors (Lipinski definition) is 1. The minimum absolute atomic E-state index is 0.217. The number of hydrogen-bond acceptors (Lipinski definition) is 7. The van der Waals surface area contributed by atoms with Crippen molar-refractivity contribution in [3.8, 4) is 17.2 Å². The smallest absolute Gasteiger partial charge is 0.265 e. The molecule has 150 valence electrons. The maximum Gasteiger partial charge on any atom is 0.265 e. The van der Waals surface area contributed by atoms with Gasteiger partial charge in [-0.1, -0.05) is 0 Å². The summed E-state index contributed by atoms with van der Waals surface area (Å²) in [6, 6.07) is 14.9. The van der Waals surface area contributed by atoms with Crippen LogP contribution in [0.4, 0.5) is 11.4 Å². The van der Waals surface area contributed by atoms with Crippen LogP contribution in [-0.2, 0) is 9.53 Å². The maximum atomic E-state index is 12.5. The molecule has 0 saturated carbocycles. The van der Waals surface area contributed by atoms with Crippen LogP contribution >= 0.6 is 0 Å². The highest BCUT2D eigenvalue weighted by molar-refractivity contribution is 5.94. The number of rotatable bonds is 6. The van der Waals surface area contributed by atoms with Crippen LogP contribution in [0.1, 0.15) is 6.92 Å². The van der Waals surface area contributed by atoms with Gasteiger partial charge in [-0.2, -0.15) is 0 Å². The molecular formula is C21H22N4O4. The van der Waals surface area contributed by atoms with E-state index < -0.39 is 6.10 Å². The minimum atomic E-state index is -0.650. The van der Waals surface area contributed by atoms with E-state index in [1.165, 1.54) is 6.39 Å². The van der Waals surface area contributed by atoms with Gasteiger partial charge >= 0.3 is 0 Å². The van der Waals surface area contributed by atoms with E-state index in [4.69, 9.17) is 13.9 Å². The molecule has 1 fully saturated rings. The number of carbonyl (C=O) groups is 1. The Morgan fingerprint density at radius 2 is 1.83 bits per heavy atom. The molecular weight excluding hydrogens is 372 g/mol. The molecule has 0 unspecified atom stereocenters. The Morgan fingerprint density at radius 1 is 1.10 bits per heavy atom.